The molecule has 1 aromatic heterocycles. The molecule has 0 amide bonds. The predicted molar refractivity (Wildman–Crippen MR) is 56.8 cm³/mol. The second kappa shape index (κ2) is 4.08. The van der Waals surface area contributed by atoms with Crippen molar-refractivity contribution in [1.29, 1.82) is 0 Å². The third-order valence-electron chi connectivity index (χ3n) is 1.94. The Morgan fingerprint density at radius 3 is 2.54 bits per heavy atom. The van der Waals surface area contributed by atoms with Gasteiger partial charge in [-0.15, -0.1) is 0 Å². The maximum absolute atomic E-state index is 4.24. The van der Waals surface area contributed by atoms with Crippen LogP contribution in [0.2, 0.25) is 0 Å². The van der Waals surface area contributed by atoms with E-state index < -0.39 is 0 Å². The van der Waals surface area contributed by atoms with E-state index in [1.54, 1.807) is 0 Å². The van der Waals surface area contributed by atoms with Crippen molar-refractivity contribution in [2.75, 3.05) is 0 Å². The predicted octanol–water partition coefficient (Wildman–Crippen LogP) is 2.91. The molecule has 2 rings (SSSR count). The molecule has 0 saturated heterocycles. The fraction of sp³-hybridized carbons (Fsp3) is 0.364. The summed E-state index contributed by atoms with van der Waals surface area (Å²) in [5.41, 5.74) is 3.59. The van der Waals surface area contributed by atoms with Crippen molar-refractivity contribution < 1.29 is 0 Å². The van der Waals surface area contributed by atoms with Crippen LogP contribution in [0.3, 0.4) is 0 Å². The summed E-state index contributed by atoms with van der Waals surface area (Å²) in [4.78, 5) is 4.24. The number of aromatic nitrogens is 2. The van der Waals surface area contributed by atoms with Crippen molar-refractivity contribution in [3.05, 3.63) is 30.1 Å². The molecule has 2 nitrogen and oxygen atoms in total. The van der Waals surface area contributed by atoms with Crippen LogP contribution in [0.25, 0.3) is 11.0 Å². The molecule has 0 aliphatic rings. The Labute approximate surface area is 79.2 Å². The van der Waals surface area contributed by atoms with Crippen LogP contribution in [0, 0.1) is 6.92 Å². The van der Waals surface area contributed by atoms with Gasteiger partial charge in [-0.3, -0.25) is 0 Å². The molecular weight excluding hydrogens is 160 g/mol. The first kappa shape index (κ1) is 9.78. The summed E-state index contributed by atoms with van der Waals surface area (Å²) in [7, 11) is 2.02. The Balaban J connectivity index is 0.000000396. The second-order valence-corrected chi connectivity index (χ2v) is 2.80. The van der Waals surface area contributed by atoms with Gasteiger partial charge in [0.2, 0.25) is 0 Å². The van der Waals surface area contributed by atoms with Crippen LogP contribution in [-0.4, -0.2) is 9.55 Å². The van der Waals surface area contributed by atoms with Crippen molar-refractivity contribution >= 4 is 11.0 Å². The van der Waals surface area contributed by atoms with Gasteiger partial charge in [-0.2, -0.15) is 0 Å². The van der Waals surface area contributed by atoms with Crippen molar-refractivity contribution in [3.8, 4) is 0 Å². The minimum atomic E-state index is 1.08. The Hall–Kier alpha value is -1.31. The van der Waals surface area contributed by atoms with Crippen LogP contribution in [0.15, 0.2) is 24.5 Å². The molecule has 0 unspecified atom stereocenters. The molecule has 0 radical (unpaired) electrons. The van der Waals surface area contributed by atoms with Gasteiger partial charge in [-0.25, -0.2) is 4.98 Å². The SMILES string of the molecule is CC.Cc1cccc2ncn(C)c12. The van der Waals surface area contributed by atoms with Crippen LogP contribution in [-0.2, 0) is 7.05 Å². The zero-order valence-corrected chi connectivity index (χ0v) is 8.70. The van der Waals surface area contributed by atoms with Gasteiger partial charge < -0.3 is 4.57 Å². The summed E-state index contributed by atoms with van der Waals surface area (Å²) in [6.45, 7) is 6.10. The van der Waals surface area contributed by atoms with Gasteiger partial charge in [-0.1, -0.05) is 26.0 Å². The highest BCUT2D eigenvalue weighted by molar-refractivity contribution is 5.78. The summed E-state index contributed by atoms with van der Waals surface area (Å²) in [6.07, 6.45) is 1.84. The zero-order valence-electron chi connectivity index (χ0n) is 8.70. The van der Waals surface area contributed by atoms with Gasteiger partial charge in [0.1, 0.15) is 0 Å². The van der Waals surface area contributed by atoms with Crippen molar-refractivity contribution in [1.82, 2.24) is 9.55 Å². The largest absolute Gasteiger partial charge is 0.334 e. The average Bonchev–Trinajstić information content (AvgIpc) is 2.53. The smallest absolute Gasteiger partial charge is 0.0955 e. The monoisotopic (exact) mass is 176 g/mol. The van der Waals surface area contributed by atoms with Crippen molar-refractivity contribution in [2.24, 2.45) is 7.05 Å². The summed E-state index contributed by atoms with van der Waals surface area (Å²) in [5.74, 6) is 0. The maximum Gasteiger partial charge on any atom is 0.0955 e. The molecule has 0 aliphatic carbocycles. The van der Waals surface area contributed by atoms with E-state index in [-0.39, 0.29) is 0 Å². The second-order valence-electron chi connectivity index (χ2n) is 2.80. The summed E-state index contributed by atoms with van der Waals surface area (Å²) in [5, 5.41) is 0. The minimum Gasteiger partial charge on any atom is -0.334 e. The first-order valence-electron chi connectivity index (χ1n) is 4.65. The molecular formula is C11H16N2. The van der Waals surface area contributed by atoms with Crippen molar-refractivity contribution in [3.63, 3.8) is 0 Å². The number of rotatable bonds is 0. The van der Waals surface area contributed by atoms with Gasteiger partial charge in [0.15, 0.2) is 0 Å². The Bertz CT molecular complexity index is 388. The van der Waals surface area contributed by atoms with Crippen molar-refractivity contribution in [2.45, 2.75) is 20.8 Å². The van der Waals surface area contributed by atoms with E-state index in [4.69, 9.17) is 0 Å². The molecule has 2 aromatic rings. The van der Waals surface area contributed by atoms with E-state index in [2.05, 4.69) is 18.0 Å². The molecule has 0 bridgehead atoms. The molecule has 0 spiro atoms. The number of para-hydroxylation sites is 1. The topological polar surface area (TPSA) is 17.8 Å². The molecule has 70 valence electrons. The highest BCUT2D eigenvalue weighted by Crippen LogP contribution is 2.14. The summed E-state index contributed by atoms with van der Waals surface area (Å²) in [6, 6.07) is 6.16. The van der Waals surface area contributed by atoms with Gasteiger partial charge in [0, 0.05) is 7.05 Å². The number of benzene rings is 1. The molecule has 0 atom stereocenters. The van der Waals surface area contributed by atoms with E-state index in [1.807, 2.05) is 43.9 Å². The number of imidazole rings is 1. The molecule has 0 N–H and O–H groups in total. The average molecular weight is 176 g/mol. The zero-order chi connectivity index (χ0) is 9.84. The Kier molecular flexibility index (Phi) is 3.07. The number of hydrogen-bond donors (Lipinski definition) is 0. The van der Waals surface area contributed by atoms with Crippen LogP contribution >= 0.6 is 0 Å². The number of aryl methyl sites for hydroxylation is 2. The van der Waals surface area contributed by atoms with Crippen LogP contribution in [0.1, 0.15) is 19.4 Å². The lowest BCUT2D eigenvalue weighted by Crippen LogP contribution is -1.86. The summed E-state index contributed by atoms with van der Waals surface area (Å²) >= 11 is 0. The molecule has 2 heteroatoms. The minimum absolute atomic E-state index is 1.08. The quantitative estimate of drug-likeness (QED) is 0.603. The van der Waals surface area contributed by atoms with E-state index in [0.717, 1.165) is 5.52 Å². The number of nitrogens with zero attached hydrogens (tertiary/aromatic N) is 2. The Morgan fingerprint density at radius 2 is 1.92 bits per heavy atom. The lowest BCUT2D eigenvalue weighted by atomic mass is 10.2. The van der Waals surface area contributed by atoms with E-state index in [9.17, 15) is 0 Å². The van der Waals surface area contributed by atoms with Crippen LogP contribution in [0.5, 0.6) is 0 Å². The lowest BCUT2D eigenvalue weighted by Gasteiger charge is -1.97. The van der Waals surface area contributed by atoms with Gasteiger partial charge in [0.05, 0.1) is 17.4 Å². The molecule has 0 saturated carbocycles. The first-order valence-corrected chi connectivity index (χ1v) is 4.65. The summed E-state index contributed by atoms with van der Waals surface area (Å²) < 4.78 is 2.05. The normalized spacial score (nSPS) is 9.54. The molecule has 0 aliphatic heterocycles. The van der Waals surface area contributed by atoms with Gasteiger partial charge in [-0.05, 0) is 18.6 Å². The maximum atomic E-state index is 4.24. The first-order chi connectivity index (χ1) is 6.29. The lowest BCUT2D eigenvalue weighted by molar-refractivity contribution is 0.944. The number of hydrogen-bond acceptors (Lipinski definition) is 1. The highest BCUT2D eigenvalue weighted by atomic mass is 15.0. The third kappa shape index (κ3) is 1.72. The number of fused-ring (bicyclic) bond motifs is 1. The fourth-order valence-electron chi connectivity index (χ4n) is 1.41. The Morgan fingerprint density at radius 1 is 1.23 bits per heavy atom. The van der Waals surface area contributed by atoms with Crippen LogP contribution < -0.4 is 0 Å². The third-order valence-corrected chi connectivity index (χ3v) is 1.94. The molecule has 13 heavy (non-hydrogen) atoms. The van der Waals surface area contributed by atoms with E-state index in [0.29, 0.717) is 0 Å². The van der Waals surface area contributed by atoms with E-state index in [1.165, 1.54) is 11.1 Å². The highest BCUT2D eigenvalue weighted by Gasteiger charge is 1.99. The fourth-order valence-corrected chi connectivity index (χ4v) is 1.41. The molecule has 1 heterocycles. The van der Waals surface area contributed by atoms with Gasteiger partial charge in [0.25, 0.3) is 0 Å². The molecule has 1 aromatic carbocycles. The van der Waals surface area contributed by atoms with E-state index >= 15 is 0 Å². The molecule has 0 fully saturated rings. The van der Waals surface area contributed by atoms with Gasteiger partial charge >= 0.3 is 0 Å². The van der Waals surface area contributed by atoms with Crippen LogP contribution in [0.4, 0.5) is 0 Å². The standard InChI is InChI=1S/C9H10N2.C2H6/c1-7-4-3-5-8-9(7)11(2)6-10-8;1-2/h3-6H,1-2H3;1-2H3.